The Morgan fingerprint density at radius 3 is 2.23 bits per heavy atom. The molecule has 4 nitrogen and oxygen atoms in total. The van der Waals surface area contributed by atoms with E-state index in [1.807, 2.05) is 49.4 Å². The van der Waals surface area contributed by atoms with Crippen molar-refractivity contribution in [3.63, 3.8) is 0 Å². The van der Waals surface area contributed by atoms with Crippen molar-refractivity contribution >= 4 is 17.3 Å². The van der Waals surface area contributed by atoms with Gasteiger partial charge in [0.2, 0.25) is 5.91 Å². The van der Waals surface area contributed by atoms with E-state index in [0.717, 1.165) is 17.1 Å². The van der Waals surface area contributed by atoms with Gasteiger partial charge >= 0.3 is 0 Å². The predicted octanol–water partition coefficient (Wildman–Crippen LogP) is 3.75. The molecule has 2 N–H and O–H groups in total. The van der Waals surface area contributed by atoms with Gasteiger partial charge in [0.25, 0.3) is 0 Å². The summed E-state index contributed by atoms with van der Waals surface area (Å²) in [7, 11) is 1.61. The molecule has 0 heterocycles. The zero-order chi connectivity index (χ0) is 16.1. The molecule has 0 aliphatic heterocycles. The molecule has 0 unspecified atom stereocenters. The van der Waals surface area contributed by atoms with E-state index in [0.29, 0.717) is 0 Å². The topological polar surface area (TPSA) is 50.4 Å². The summed E-state index contributed by atoms with van der Waals surface area (Å²) in [6.07, 6.45) is 0. The summed E-state index contributed by atoms with van der Waals surface area (Å²) in [5.41, 5.74) is 4.13. The molecule has 2 aromatic carbocycles. The Labute approximate surface area is 131 Å². The lowest BCUT2D eigenvalue weighted by atomic mass is 10.1. The number of ether oxygens (including phenoxy) is 1. The Balaban J connectivity index is 1.97. The molecule has 0 saturated heterocycles. The Morgan fingerprint density at radius 2 is 1.64 bits per heavy atom. The molecule has 0 aliphatic rings. The van der Waals surface area contributed by atoms with Crippen LogP contribution in [0.5, 0.6) is 5.75 Å². The second-order valence-corrected chi connectivity index (χ2v) is 5.38. The van der Waals surface area contributed by atoms with Gasteiger partial charge in [0.1, 0.15) is 11.8 Å². The van der Waals surface area contributed by atoms with Crippen LogP contribution < -0.4 is 15.4 Å². The minimum absolute atomic E-state index is 0.0802. The van der Waals surface area contributed by atoms with E-state index in [1.165, 1.54) is 11.1 Å². The Hall–Kier alpha value is -2.49. The maximum Gasteiger partial charge on any atom is 0.246 e. The van der Waals surface area contributed by atoms with Crippen molar-refractivity contribution in [2.75, 3.05) is 17.7 Å². The summed E-state index contributed by atoms with van der Waals surface area (Å²) in [5.74, 6) is 0.683. The fourth-order valence-corrected chi connectivity index (χ4v) is 2.07. The predicted molar refractivity (Wildman–Crippen MR) is 90.6 cm³/mol. The van der Waals surface area contributed by atoms with Gasteiger partial charge in [0.15, 0.2) is 0 Å². The highest BCUT2D eigenvalue weighted by molar-refractivity contribution is 5.96. The highest BCUT2D eigenvalue weighted by Crippen LogP contribution is 2.17. The number of hydrogen-bond donors (Lipinski definition) is 2. The second kappa shape index (κ2) is 6.98. The number of carbonyl (C=O) groups excluding carboxylic acids is 1. The van der Waals surface area contributed by atoms with E-state index in [4.69, 9.17) is 4.74 Å². The molecule has 0 spiro atoms. The van der Waals surface area contributed by atoms with Crippen molar-refractivity contribution < 1.29 is 9.53 Å². The van der Waals surface area contributed by atoms with Gasteiger partial charge in [-0.1, -0.05) is 6.07 Å². The molecule has 0 radical (unpaired) electrons. The van der Waals surface area contributed by atoms with E-state index in [1.54, 1.807) is 7.11 Å². The highest BCUT2D eigenvalue weighted by Gasteiger charge is 2.13. The van der Waals surface area contributed by atoms with E-state index < -0.39 is 0 Å². The first-order valence-corrected chi connectivity index (χ1v) is 7.28. The summed E-state index contributed by atoms with van der Waals surface area (Å²) < 4.78 is 5.10. The number of anilines is 2. The molecule has 0 bridgehead atoms. The molecule has 4 heteroatoms. The maximum atomic E-state index is 12.2. The van der Waals surface area contributed by atoms with Crippen LogP contribution in [-0.4, -0.2) is 19.1 Å². The van der Waals surface area contributed by atoms with Gasteiger partial charge in [0, 0.05) is 11.4 Å². The molecular weight excluding hydrogens is 276 g/mol. The van der Waals surface area contributed by atoms with Crippen LogP contribution in [0.1, 0.15) is 18.1 Å². The van der Waals surface area contributed by atoms with Crippen LogP contribution in [0.2, 0.25) is 0 Å². The van der Waals surface area contributed by atoms with E-state index in [2.05, 4.69) is 24.5 Å². The molecule has 0 saturated carbocycles. The summed E-state index contributed by atoms with van der Waals surface area (Å²) in [6, 6.07) is 13.0. The van der Waals surface area contributed by atoms with Crippen molar-refractivity contribution in [1.82, 2.24) is 0 Å². The van der Waals surface area contributed by atoms with Crippen LogP contribution in [-0.2, 0) is 4.79 Å². The van der Waals surface area contributed by atoms with Gasteiger partial charge in [-0.3, -0.25) is 4.79 Å². The van der Waals surface area contributed by atoms with E-state index >= 15 is 0 Å². The molecule has 2 aromatic rings. The summed E-state index contributed by atoms with van der Waals surface area (Å²) >= 11 is 0. The smallest absolute Gasteiger partial charge is 0.246 e. The summed E-state index contributed by atoms with van der Waals surface area (Å²) in [6.45, 7) is 5.97. The first kappa shape index (κ1) is 15.9. The van der Waals surface area contributed by atoms with Crippen molar-refractivity contribution in [3.8, 4) is 5.75 Å². The van der Waals surface area contributed by atoms with Crippen molar-refractivity contribution in [1.29, 1.82) is 0 Å². The molecular formula is C18H22N2O2. The minimum Gasteiger partial charge on any atom is -0.497 e. The Morgan fingerprint density at radius 1 is 1.00 bits per heavy atom. The zero-order valence-electron chi connectivity index (χ0n) is 13.4. The van der Waals surface area contributed by atoms with Gasteiger partial charge in [-0.2, -0.15) is 0 Å². The van der Waals surface area contributed by atoms with Gasteiger partial charge in [-0.05, 0) is 68.3 Å². The molecule has 1 amide bonds. The normalized spacial score (nSPS) is 11.6. The lowest BCUT2D eigenvalue weighted by molar-refractivity contribution is -0.116. The molecule has 116 valence electrons. The monoisotopic (exact) mass is 298 g/mol. The number of aryl methyl sites for hydroxylation is 2. The first-order chi connectivity index (χ1) is 10.5. The third-order valence-electron chi connectivity index (χ3n) is 3.64. The number of carbonyl (C=O) groups is 1. The van der Waals surface area contributed by atoms with E-state index in [-0.39, 0.29) is 11.9 Å². The third kappa shape index (κ3) is 4.01. The molecule has 1 atom stereocenters. The minimum atomic E-state index is -0.329. The van der Waals surface area contributed by atoms with Crippen LogP contribution in [0.3, 0.4) is 0 Å². The van der Waals surface area contributed by atoms with Crippen LogP contribution in [0.4, 0.5) is 11.4 Å². The second-order valence-electron chi connectivity index (χ2n) is 5.38. The van der Waals surface area contributed by atoms with Crippen molar-refractivity contribution in [2.24, 2.45) is 0 Å². The fraction of sp³-hybridized carbons (Fsp3) is 0.278. The number of benzene rings is 2. The summed E-state index contributed by atoms with van der Waals surface area (Å²) in [4.78, 5) is 12.2. The SMILES string of the molecule is COc1ccc(NC(=O)[C@H](C)Nc2ccc(C)c(C)c2)cc1. The van der Waals surface area contributed by atoms with Gasteiger partial charge in [0.05, 0.1) is 7.11 Å². The van der Waals surface area contributed by atoms with Crippen LogP contribution in [0.15, 0.2) is 42.5 Å². The standard InChI is InChI=1S/C18H22N2O2/c1-12-5-6-16(11-13(12)2)19-14(3)18(21)20-15-7-9-17(22-4)10-8-15/h5-11,14,19H,1-4H3,(H,20,21)/t14-/m0/s1. The molecule has 0 aromatic heterocycles. The molecule has 22 heavy (non-hydrogen) atoms. The molecule has 0 fully saturated rings. The number of rotatable bonds is 5. The number of methoxy groups -OCH3 is 1. The van der Waals surface area contributed by atoms with Crippen LogP contribution in [0, 0.1) is 13.8 Å². The Bertz CT molecular complexity index is 651. The lowest BCUT2D eigenvalue weighted by Gasteiger charge is -2.16. The van der Waals surface area contributed by atoms with Crippen molar-refractivity contribution in [3.05, 3.63) is 53.6 Å². The Kier molecular flexibility index (Phi) is 5.04. The quantitative estimate of drug-likeness (QED) is 0.884. The average molecular weight is 298 g/mol. The third-order valence-corrected chi connectivity index (χ3v) is 3.64. The highest BCUT2D eigenvalue weighted by atomic mass is 16.5. The van der Waals surface area contributed by atoms with Gasteiger partial charge in [-0.25, -0.2) is 0 Å². The number of hydrogen-bond acceptors (Lipinski definition) is 3. The van der Waals surface area contributed by atoms with Gasteiger partial charge in [-0.15, -0.1) is 0 Å². The van der Waals surface area contributed by atoms with E-state index in [9.17, 15) is 4.79 Å². The van der Waals surface area contributed by atoms with Crippen molar-refractivity contribution in [2.45, 2.75) is 26.8 Å². The lowest BCUT2D eigenvalue weighted by Crippen LogP contribution is -2.31. The number of amides is 1. The first-order valence-electron chi connectivity index (χ1n) is 7.28. The van der Waals surface area contributed by atoms with Crippen LogP contribution >= 0.6 is 0 Å². The molecule has 2 rings (SSSR count). The fourth-order valence-electron chi connectivity index (χ4n) is 2.07. The maximum absolute atomic E-state index is 12.2. The summed E-state index contributed by atoms with van der Waals surface area (Å²) in [5, 5.41) is 6.10. The number of nitrogens with one attached hydrogen (secondary N) is 2. The zero-order valence-corrected chi connectivity index (χ0v) is 13.4. The van der Waals surface area contributed by atoms with Gasteiger partial charge < -0.3 is 15.4 Å². The molecule has 0 aliphatic carbocycles. The van der Waals surface area contributed by atoms with Crippen LogP contribution in [0.25, 0.3) is 0 Å². The average Bonchev–Trinajstić information content (AvgIpc) is 2.51. The largest absolute Gasteiger partial charge is 0.497 e.